The number of para-hydroxylation sites is 1. The van der Waals surface area contributed by atoms with E-state index < -0.39 is 0 Å². The van der Waals surface area contributed by atoms with Crippen LogP contribution in [-0.4, -0.2) is 40.1 Å². The number of amides is 1. The van der Waals surface area contributed by atoms with E-state index in [2.05, 4.69) is 20.4 Å². The Hall–Kier alpha value is -2.73. The van der Waals surface area contributed by atoms with Gasteiger partial charge in [-0.3, -0.25) is 14.8 Å². The van der Waals surface area contributed by atoms with Crippen LogP contribution in [0.1, 0.15) is 28.9 Å². The molecule has 6 heteroatoms. The number of hydrogen-bond acceptors (Lipinski definition) is 3. The first kappa shape index (κ1) is 16.7. The Morgan fingerprint density at radius 1 is 1.15 bits per heavy atom. The lowest BCUT2D eigenvalue weighted by Crippen LogP contribution is -2.44. The van der Waals surface area contributed by atoms with Crippen LogP contribution >= 0.6 is 0 Å². The molecule has 3 aromatic rings. The molecule has 2 aromatic carbocycles. The molecule has 4 rings (SSSR count). The van der Waals surface area contributed by atoms with E-state index in [0.29, 0.717) is 12.2 Å². The lowest BCUT2D eigenvalue weighted by Gasteiger charge is -2.32. The maximum absolute atomic E-state index is 13.8. The summed E-state index contributed by atoms with van der Waals surface area (Å²) in [5.41, 5.74) is 2.02. The van der Waals surface area contributed by atoms with E-state index in [1.807, 2.05) is 36.4 Å². The number of fused-ring (bicyclic) bond motifs is 1. The minimum Gasteiger partial charge on any atom is -0.348 e. The lowest BCUT2D eigenvalue weighted by molar-refractivity contribution is 0.0905. The van der Waals surface area contributed by atoms with Crippen LogP contribution in [0.2, 0.25) is 0 Å². The monoisotopic (exact) mass is 352 g/mol. The molecule has 0 bridgehead atoms. The smallest absolute Gasteiger partial charge is 0.272 e. The molecule has 2 N–H and O–H groups in total. The molecule has 26 heavy (non-hydrogen) atoms. The number of nitrogens with one attached hydrogen (secondary N) is 2. The maximum Gasteiger partial charge on any atom is 0.272 e. The molecule has 2 heterocycles. The second-order valence-electron chi connectivity index (χ2n) is 6.73. The van der Waals surface area contributed by atoms with E-state index in [4.69, 9.17) is 0 Å². The fourth-order valence-corrected chi connectivity index (χ4v) is 3.49. The predicted molar refractivity (Wildman–Crippen MR) is 98.3 cm³/mol. The molecule has 1 amide bonds. The van der Waals surface area contributed by atoms with Gasteiger partial charge in [-0.1, -0.05) is 36.4 Å². The summed E-state index contributed by atoms with van der Waals surface area (Å²) in [5.74, 6) is -0.302. The molecule has 0 atom stereocenters. The van der Waals surface area contributed by atoms with Crippen molar-refractivity contribution in [2.45, 2.75) is 25.4 Å². The Labute approximate surface area is 151 Å². The van der Waals surface area contributed by atoms with Crippen LogP contribution < -0.4 is 5.32 Å². The van der Waals surface area contributed by atoms with E-state index in [1.54, 1.807) is 6.07 Å². The summed E-state index contributed by atoms with van der Waals surface area (Å²) in [7, 11) is 0. The minimum absolute atomic E-state index is 0.120. The van der Waals surface area contributed by atoms with Gasteiger partial charge < -0.3 is 5.32 Å². The summed E-state index contributed by atoms with van der Waals surface area (Å²) in [6, 6.07) is 14.6. The molecule has 0 saturated carbocycles. The number of H-pyrrole nitrogens is 1. The normalized spacial score (nSPS) is 16.0. The molecule has 0 unspecified atom stereocenters. The van der Waals surface area contributed by atoms with E-state index in [1.165, 1.54) is 6.07 Å². The molecular weight excluding hydrogens is 331 g/mol. The average Bonchev–Trinajstić information content (AvgIpc) is 3.09. The summed E-state index contributed by atoms with van der Waals surface area (Å²) in [5, 5.41) is 11.0. The molecule has 0 radical (unpaired) electrons. The first-order chi connectivity index (χ1) is 12.7. The largest absolute Gasteiger partial charge is 0.348 e. The quantitative estimate of drug-likeness (QED) is 0.758. The molecule has 1 aliphatic heterocycles. The van der Waals surface area contributed by atoms with Gasteiger partial charge in [0.1, 0.15) is 5.82 Å². The minimum atomic E-state index is -0.159. The number of carbonyl (C=O) groups is 1. The maximum atomic E-state index is 13.8. The fourth-order valence-electron chi connectivity index (χ4n) is 3.49. The van der Waals surface area contributed by atoms with Gasteiger partial charge in [0.2, 0.25) is 0 Å². The van der Waals surface area contributed by atoms with Crippen LogP contribution in [-0.2, 0) is 6.54 Å². The van der Waals surface area contributed by atoms with E-state index in [9.17, 15) is 9.18 Å². The van der Waals surface area contributed by atoms with Crippen LogP contribution in [0.3, 0.4) is 0 Å². The number of piperidine rings is 1. The zero-order valence-corrected chi connectivity index (χ0v) is 14.4. The third-order valence-corrected chi connectivity index (χ3v) is 4.96. The summed E-state index contributed by atoms with van der Waals surface area (Å²) in [4.78, 5) is 14.8. The Bertz CT molecular complexity index is 915. The van der Waals surface area contributed by atoms with Gasteiger partial charge in [0.25, 0.3) is 5.91 Å². The van der Waals surface area contributed by atoms with Crippen molar-refractivity contribution in [1.82, 2.24) is 20.4 Å². The number of likely N-dealkylation sites (tertiary alicyclic amines) is 1. The highest BCUT2D eigenvalue weighted by molar-refractivity contribution is 6.04. The number of carbonyl (C=O) groups excluding carboxylic acids is 1. The second-order valence-corrected chi connectivity index (χ2v) is 6.73. The highest BCUT2D eigenvalue weighted by atomic mass is 19.1. The molecular formula is C20H21FN4O. The first-order valence-electron chi connectivity index (χ1n) is 8.90. The summed E-state index contributed by atoms with van der Waals surface area (Å²) in [6.07, 6.45) is 1.70. The van der Waals surface area contributed by atoms with Crippen molar-refractivity contribution in [3.05, 3.63) is 65.6 Å². The number of halogens is 1. The van der Waals surface area contributed by atoms with Crippen molar-refractivity contribution in [3.63, 3.8) is 0 Å². The summed E-state index contributed by atoms with van der Waals surface area (Å²) < 4.78 is 13.8. The number of rotatable bonds is 4. The molecule has 1 aliphatic rings. The van der Waals surface area contributed by atoms with E-state index in [0.717, 1.165) is 42.4 Å². The number of benzene rings is 2. The first-order valence-corrected chi connectivity index (χ1v) is 8.90. The molecule has 5 nitrogen and oxygen atoms in total. The zero-order valence-electron chi connectivity index (χ0n) is 14.4. The average molecular weight is 352 g/mol. The van der Waals surface area contributed by atoms with Gasteiger partial charge in [-0.25, -0.2) is 4.39 Å². The highest BCUT2D eigenvalue weighted by Gasteiger charge is 2.23. The molecule has 134 valence electrons. The van der Waals surface area contributed by atoms with Gasteiger partial charge in [0, 0.05) is 36.6 Å². The zero-order chi connectivity index (χ0) is 17.9. The van der Waals surface area contributed by atoms with Crippen LogP contribution in [0, 0.1) is 5.82 Å². The van der Waals surface area contributed by atoms with E-state index in [-0.39, 0.29) is 17.8 Å². The standard InChI is InChI=1S/C20H21FN4O/c21-17-7-3-1-5-14(17)13-25-11-9-15(10-12-25)22-20(26)19-16-6-2-4-8-18(16)23-24-19/h1-8,15H,9-13H2,(H,22,26)(H,23,24). The van der Waals surface area contributed by atoms with Gasteiger partial charge in [0.05, 0.1) is 5.52 Å². The number of aromatic amines is 1. The van der Waals surface area contributed by atoms with Crippen molar-refractivity contribution < 1.29 is 9.18 Å². The Kier molecular flexibility index (Phi) is 4.67. The third kappa shape index (κ3) is 3.46. The van der Waals surface area contributed by atoms with Crippen molar-refractivity contribution >= 4 is 16.8 Å². The van der Waals surface area contributed by atoms with Crippen molar-refractivity contribution in [2.24, 2.45) is 0 Å². The van der Waals surface area contributed by atoms with Gasteiger partial charge in [-0.15, -0.1) is 0 Å². The molecule has 1 aromatic heterocycles. The number of nitrogens with zero attached hydrogens (tertiary/aromatic N) is 2. The van der Waals surface area contributed by atoms with Gasteiger partial charge >= 0.3 is 0 Å². The Morgan fingerprint density at radius 2 is 1.88 bits per heavy atom. The van der Waals surface area contributed by atoms with Crippen molar-refractivity contribution in [2.75, 3.05) is 13.1 Å². The highest BCUT2D eigenvalue weighted by Crippen LogP contribution is 2.18. The SMILES string of the molecule is O=C(NC1CCN(Cc2ccccc2F)CC1)c1n[nH]c2ccccc12. The van der Waals surface area contributed by atoms with Gasteiger partial charge in [-0.05, 0) is 25.0 Å². The summed E-state index contributed by atoms with van der Waals surface area (Å²) in [6.45, 7) is 2.28. The topological polar surface area (TPSA) is 61.0 Å². The number of aromatic nitrogens is 2. The van der Waals surface area contributed by atoms with Crippen LogP contribution in [0.5, 0.6) is 0 Å². The molecule has 0 spiro atoms. The molecule has 0 aliphatic carbocycles. The Balaban J connectivity index is 1.34. The van der Waals surface area contributed by atoms with Crippen molar-refractivity contribution in [1.29, 1.82) is 0 Å². The Morgan fingerprint density at radius 3 is 2.69 bits per heavy atom. The molecule has 1 saturated heterocycles. The second kappa shape index (κ2) is 7.25. The third-order valence-electron chi connectivity index (χ3n) is 4.96. The van der Waals surface area contributed by atoms with Crippen LogP contribution in [0.25, 0.3) is 10.9 Å². The lowest BCUT2D eigenvalue weighted by atomic mass is 10.0. The van der Waals surface area contributed by atoms with Crippen LogP contribution in [0.4, 0.5) is 4.39 Å². The van der Waals surface area contributed by atoms with Gasteiger partial charge in [-0.2, -0.15) is 5.10 Å². The van der Waals surface area contributed by atoms with Gasteiger partial charge in [0.15, 0.2) is 5.69 Å². The fraction of sp³-hybridized carbons (Fsp3) is 0.300. The summed E-state index contributed by atoms with van der Waals surface area (Å²) >= 11 is 0. The van der Waals surface area contributed by atoms with Crippen LogP contribution in [0.15, 0.2) is 48.5 Å². The van der Waals surface area contributed by atoms with Crippen molar-refractivity contribution in [3.8, 4) is 0 Å². The number of hydrogen-bond donors (Lipinski definition) is 2. The van der Waals surface area contributed by atoms with E-state index >= 15 is 0 Å². The predicted octanol–water partition coefficient (Wildman–Crippen LogP) is 3.10. The molecule has 1 fully saturated rings.